The van der Waals surface area contributed by atoms with Gasteiger partial charge in [-0.05, 0) is 49.7 Å². The Bertz CT molecular complexity index is 942. The molecule has 1 heterocycles. The topological polar surface area (TPSA) is 83.2 Å². The Morgan fingerprint density at radius 2 is 1.60 bits per heavy atom. The molecule has 3 rings (SSSR count). The Morgan fingerprint density at radius 3 is 2.24 bits per heavy atom. The van der Waals surface area contributed by atoms with Gasteiger partial charge in [-0.2, -0.15) is 0 Å². The minimum atomic E-state index is -0.541. The molecule has 0 unspecified atom stereocenters. The van der Waals surface area contributed by atoms with E-state index in [1.165, 1.54) is 7.11 Å². The number of aryl methyl sites for hydroxylation is 2. The van der Waals surface area contributed by atoms with Crippen LogP contribution >= 0.6 is 0 Å². The number of aromatic amines is 1. The van der Waals surface area contributed by atoms with Crippen LogP contribution in [0.5, 0.6) is 0 Å². The van der Waals surface area contributed by atoms with Gasteiger partial charge in [0.1, 0.15) is 0 Å². The van der Waals surface area contributed by atoms with Crippen molar-refractivity contribution in [1.29, 1.82) is 0 Å². The van der Waals surface area contributed by atoms with Crippen molar-refractivity contribution in [2.75, 3.05) is 17.7 Å². The fourth-order valence-electron chi connectivity index (χ4n) is 2.68. The second kappa shape index (κ2) is 6.68. The van der Waals surface area contributed by atoms with Crippen LogP contribution in [0.15, 0.2) is 42.5 Å². The van der Waals surface area contributed by atoms with Gasteiger partial charge in [-0.1, -0.05) is 12.1 Å². The third kappa shape index (κ3) is 3.33. The highest BCUT2D eigenvalue weighted by molar-refractivity contribution is 6.12. The lowest BCUT2D eigenvalue weighted by molar-refractivity contribution is 0.102. The number of nitrogens with one attached hydrogen (secondary N) is 3. The molecular formula is C19H19N3O3. The maximum atomic E-state index is 12.6. The first-order valence-corrected chi connectivity index (χ1v) is 7.84. The van der Waals surface area contributed by atoms with E-state index in [0.29, 0.717) is 16.9 Å². The van der Waals surface area contributed by atoms with Crippen LogP contribution in [-0.4, -0.2) is 24.1 Å². The molecule has 0 aliphatic carbocycles. The number of anilines is 2. The third-order valence-electron chi connectivity index (χ3n) is 4.16. The summed E-state index contributed by atoms with van der Waals surface area (Å²) in [5.41, 5.74) is 4.83. The number of rotatable bonds is 3. The van der Waals surface area contributed by atoms with E-state index in [-0.39, 0.29) is 5.91 Å². The summed E-state index contributed by atoms with van der Waals surface area (Å²) in [5, 5.41) is 6.47. The van der Waals surface area contributed by atoms with Crippen molar-refractivity contribution in [3.8, 4) is 0 Å². The van der Waals surface area contributed by atoms with Gasteiger partial charge < -0.3 is 15.0 Å². The molecule has 0 atom stereocenters. The number of hydrogen-bond donors (Lipinski definition) is 3. The van der Waals surface area contributed by atoms with Crippen molar-refractivity contribution < 1.29 is 14.3 Å². The molecule has 0 aliphatic heterocycles. The summed E-state index contributed by atoms with van der Waals surface area (Å²) < 4.78 is 4.54. The fourth-order valence-corrected chi connectivity index (χ4v) is 2.68. The molecular weight excluding hydrogens is 318 g/mol. The standard InChI is InChI=1S/C19H19N3O3/c1-11-12(2)20-17-15(11)5-4-6-16(17)18(23)21-13-7-9-14(10-8-13)22-19(24)25-3/h4-10,20H,1-3H3,(H,21,23)(H,22,24). The maximum absolute atomic E-state index is 12.6. The monoisotopic (exact) mass is 337 g/mol. The zero-order chi connectivity index (χ0) is 18.0. The molecule has 0 radical (unpaired) electrons. The largest absolute Gasteiger partial charge is 0.453 e. The Kier molecular flexibility index (Phi) is 4.43. The van der Waals surface area contributed by atoms with E-state index < -0.39 is 6.09 Å². The normalized spacial score (nSPS) is 10.5. The fraction of sp³-hybridized carbons (Fsp3) is 0.158. The van der Waals surface area contributed by atoms with Crippen LogP contribution < -0.4 is 10.6 Å². The van der Waals surface area contributed by atoms with Gasteiger partial charge >= 0.3 is 6.09 Å². The van der Waals surface area contributed by atoms with Crippen LogP contribution in [0.1, 0.15) is 21.6 Å². The molecule has 0 bridgehead atoms. The van der Waals surface area contributed by atoms with E-state index in [1.807, 2.05) is 26.0 Å². The average molecular weight is 337 g/mol. The number of aromatic nitrogens is 1. The summed E-state index contributed by atoms with van der Waals surface area (Å²) in [6, 6.07) is 12.5. The van der Waals surface area contributed by atoms with E-state index in [9.17, 15) is 9.59 Å². The van der Waals surface area contributed by atoms with E-state index in [0.717, 1.165) is 22.2 Å². The lowest BCUT2D eigenvalue weighted by Crippen LogP contribution is -2.13. The minimum Gasteiger partial charge on any atom is -0.453 e. The van der Waals surface area contributed by atoms with Crippen molar-refractivity contribution >= 4 is 34.3 Å². The summed E-state index contributed by atoms with van der Waals surface area (Å²) in [5.74, 6) is -0.194. The van der Waals surface area contributed by atoms with Gasteiger partial charge in [-0.3, -0.25) is 10.1 Å². The summed E-state index contributed by atoms with van der Waals surface area (Å²) in [4.78, 5) is 27.1. The summed E-state index contributed by atoms with van der Waals surface area (Å²) in [6.45, 7) is 4.02. The molecule has 25 heavy (non-hydrogen) atoms. The number of carbonyl (C=O) groups is 2. The molecule has 0 saturated heterocycles. The van der Waals surface area contributed by atoms with Gasteiger partial charge in [0.2, 0.25) is 0 Å². The lowest BCUT2D eigenvalue weighted by Gasteiger charge is -2.08. The molecule has 6 nitrogen and oxygen atoms in total. The van der Waals surface area contributed by atoms with Gasteiger partial charge in [-0.15, -0.1) is 0 Å². The number of amides is 2. The predicted molar refractivity (Wildman–Crippen MR) is 98.2 cm³/mol. The zero-order valence-electron chi connectivity index (χ0n) is 14.3. The molecule has 0 spiro atoms. The van der Waals surface area contributed by atoms with Crippen molar-refractivity contribution in [3.63, 3.8) is 0 Å². The number of benzene rings is 2. The molecule has 0 aliphatic rings. The number of para-hydroxylation sites is 1. The molecule has 3 aromatic rings. The Hall–Kier alpha value is -3.28. The first kappa shape index (κ1) is 16.6. The smallest absolute Gasteiger partial charge is 0.411 e. The van der Waals surface area contributed by atoms with E-state index >= 15 is 0 Å². The average Bonchev–Trinajstić information content (AvgIpc) is 2.91. The van der Waals surface area contributed by atoms with Crippen molar-refractivity contribution in [2.45, 2.75) is 13.8 Å². The van der Waals surface area contributed by atoms with Crippen molar-refractivity contribution in [1.82, 2.24) is 4.98 Å². The summed E-state index contributed by atoms with van der Waals surface area (Å²) in [7, 11) is 1.30. The molecule has 1 aromatic heterocycles. The van der Waals surface area contributed by atoms with Crippen LogP contribution in [0.4, 0.5) is 16.2 Å². The summed E-state index contributed by atoms with van der Waals surface area (Å²) in [6.07, 6.45) is -0.541. The molecule has 0 fully saturated rings. The quantitative estimate of drug-likeness (QED) is 0.669. The van der Waals surface area contributed by atoms with Crippen LogP contribution in [0, 0.1) is 13.8 Å². The Morgan fingerprint density at radius 1 is 0.960 bits per heavy atom. The van der Waals surface area contributed by atoms with Crippen molar-refractivity contribution in [2.24, 2.45) is 0 Å². The summed E-state index contributed by atoms with van der Waals surface area (Å²) >= 11 is 0. The number of methoxy groups -OCH3 is 1. The zero-order valence-corrected chi connectivity index (χ0v) is 14.3. The highest BCUT2D eigenvalue weighted by atomic mass is 16.5. The molecule has 128 valence electrons. The number of H-pyrrole nitrogens is 1. The van der Waals surface area contributed by atoms with Gasteiger partial charge in [0.05, 0.1) is 18.2 Å². The van der Waals surface area contributed by atoms with Crippen LogP contribution in [0.25, 0.3) is 10.9 Å². The first-order valence-electron chi connectivity index (χ1n) is 7.84. The maximum Gasteiger partial charge on any atom is 0.411 e. The van der Waals surface area contributed by atoms with Gasteiger partial charge in [0.15, 0.2) is 0 Å². The van der Waals surface area contributed by atoms with Crippen LogP contribution in [0.2, 0.25) is 0 Å². The highest BCUT2D eigenvalue weighted by Gasteiger charge is 2.14. The SMILES string of the molecule is COC(=O)Nc1ccc(NC(=O)c2cccc3c(C)c(C)[nH]c23)cc1. The molecule has 3 N–H and O–H groups in total. The molecule has 0 saturated carbocycles. The number of ether oxygens (including phenoxy) is 1. The lowest BCUT2D eigenvalue weighted by atomic mass is 10.1. The third-order valence-corrected chi connectivity index (χ3v) is 4.16. The highest BCUT2D eigenvalue weighted by Crippen LogP contribution is 2.25. The van der Waals surface area contributed by atoms with Gasteiger partial charge in [-0.25, -0.2) is 4.79 Å². The van der Waals surface area contributed by atoms with Crippen molar-refractivity contribution in [3.05, 3.63) is 59.3 Å². The molecule has 2 aromatic carbocycles. The number of carbonyl (C=O) groups excluding carboxylic acids is 2. The molecule has 6 heteroatoms. The van der Waals surface area contributed by atoms with E-state index in [1.54, 1.807) is 30.3 Å². The van der Waals surface area contributed by atoms with E-state index in [2.05, 4.69) is 20.4 Å². The second-order valence-electron chi connectivity index (χ2n) is 5.75. The molecule has 2 amide bonds. The van der Waals surface area contributed by atoms with E-state index in [4.69, 9.17) is 0 Å². The Labute approximate surface area is 145 Å². The van der Waals surface area contributed by atoms with Crippen LogP contribution in [-0.2, 0) is 4.74 Å². The number of fused-ring (bicyclic) bond motifs is 1. The van der Waals surface area contributed by atoms with Crippen LogP contribution in [0.3, 0.4) is 0 Å². The predicted octanol–water partition coefficient (Wildman–Crippen LogP) is 4.22. The van der Waals surface area contributed by atoms with Gasteiger partial charge in [0, 0.05) is 22.5 Å². The van der Waals surface area contributed by atoms with Gasteiger partial charge in [0.25, 0.3) is 5.91 Å². The Balaban J connectivity index is 1.81. The second-order valence-corrected chi connectivity index (χ2v) is 5.75. The number of hydrogen-bond acceptors (Lipinski definition) is 3. The minimum absolute atomic E-state index is 0.194. The first-order chi connectivity index (χ1) is 12.0.